The molecule has 0 amide bonds. The van der Waals surface area contributed by atoms with Crippen LogP contribution in [-0.4, -0.2) is 12.1 Å². The lowest BCUT2D eigenvalue weighted by molar-refractivity contribution is 0.414. The molecule has 1 heterocycles. The van der Waals surface area contributed by atoms with E-state index in [9.17, 15) is 0 Å². The Bertz CT molecular complexity index is 548. The fraction of sp³-hybridized carbons (Fsp3) is 0.214. The van der Waals surface area contributed by atoms with Gasteiger partial charge in [-0.15, -0.1) is 0 Å². The summed E-state index contributed by atoms with van der Waals surface area (Å²) in [5, 5.41) is 0.605. The molecule has 0 radical (unpaired) electrons. The lowest BCUT2D eigenvalue weighted by Gasteiger charge is -2.17. The number of halogens is 1. The van der Waals surface area contributed by atoms with E-state index in [1.165, 1.54) is 0 Å². The lowest BCUT2D eigenvalue weighted by atomic mass is 10.00. The van der Waals surface area contributed by atoms with Crippen LogP contribution in [0.1, 0.15) is 17.2 Å². The quantitative estimate of drug-likeness (QED) is 0.651. The van der Waals surface area contributed by atoms with Gasteiger partial charge >= 0.3 is 0 Å². The molecule has 0 bridgehead atoms. The van der Waals surface area contributed by atoms with E-state index >= 15 is 0 Å². The molecule has 1 aromatic heterocycles. The molecular formula is C14H16ClN3O. The molecule has 1 unspecified atom stereocenters. The molecule has 0 saturated heterocycles. The number of benzene rings is 1. The Morgan fingerprint density at radius 1 is 1.42 bits per heavy atom. The van der Waals surface area contributed by atoms with Gasteiger partial charge in [0.25, 0.3) is 0 Å². The zero-order chi connectivity index (χ0) is 13.7. The second kappa shape index (κ2) is 6.52. The van der Waals surface area contributed by atoms with Gasteiger partial charge in [-0.05, 0) is 35.7 Å². The van der Waals surface area contributed by atoms with Crippen LogP contribution in [0.3, 0.4) is 0 Å². The monoisotopic (exact) mass is 277 g/mol. The van der Waals surface area contributed by atoms with Crippen LogP contribution in [0.5, 0.6) is 5.75 Å². The number of nitrogens with one attached hydrogen (secondary N) is 1. The van der Waals surface area contributed by atoms with Gasteiger partial charge in [0.15, 0.2) is 0 Å². The summed E-state index contributed by atoms with van der Waals surface area (Å²) >= 11 is 6.14. The highest BCUT2D eigenvalue weighted by Crippen LogP contribution is 2.25. The van der Waals surface area contributed by atoms with E-state index in [1.54, 1.807) is 19.5 Å². The summed E-state index contributed by atoms with van der Waals surface area (Å²) in [4.78, 5) is 3.98. The Morgan fingerprint density at radius 3 is 2.95 bits per heavy atom. The third-order valence-corrected chi connectivity index (χ3v) is 3.27. The number of aromatic nitrogens is 1. The Kier molecular flexibility index (Phi) is 4.74. The molecule has 0 aliphatic rings. The summed E-state index contributed by atoms with van der Waals surface area (Å²) in [6.45, 7) is 0. The molecule has 0 saturated carbocycles. The molecule has 4 nitrogen and oxygen atoms in total. The molecule has 3 N–H and O–H groups in total. The first-order valence-electron chi connectivity index (χ1n) is 5.93. The average Bonchev–Trinajstić information content (AvgIpc) is 2.46. The zero-order valence-electron chi connectivity index (χ0n) is 10.6. The maximum absolute atomic E-state index is 6.14. The maximum Gasteiger partial charge on any atom is 0.119 e. The first-order chi connectivity index (χ1) is 9.24. The van der Waals surface area contributed by atoms with Crippen molar-refractivity contribution in [1.29, 1.82) is 0 Å². The smallest absolute Gasteiger partial charge is 0.119 e. The highest BCUT2D eigenvalue weighted by atomic mass is 35.5. The first kappa shape index (κ1) is 13.8. The van der Waals surface area contributed by atoms with Gasteiger partial charge in [0.2, 0.25) is 0 Å². The third kappa shape index (κ3) is 3.44. The molecule has 5 heteroatoms. The zero-order valence-corrected chi connectivity index (χ0v) is 11.4. The lowest BCUT2D eigenvalue weighted by Crippen LogP contribution is -2.29. The summed E-state index contributed by atoms with van der Waals surface area (Å²) in [7, 11) is 1.65. The van der Waals surface area contributed by atoms with Crippen LogP contribution in [-0.2, 0) is 6.42 Å². The number of hydrogen-bond donors (Lipinski definition) is 2. The maximum atomic E-state index is 6.14. The van der Waals surface area contributed by atoms with Crippen molar-refractivity contribution in [3.63, 3.8) is 0 Å². The highest BCUT2D eigenvalue weighted by Gasteiger charge is 2.14. The Balaban J connectivity index is 2.21. The van der Waals surface area contributed by atoms with E-state index in [-0.39, 0.29) is 6.04 Å². The van der Waals surface area contributed by atoms with Gasteiger partial charge in [0.05, 0.1) is 18.2 Å². The van der Waals surface area contributed by atoms with E-state index in [0.717, 1.165) is 23.3 Å². The SMILES string of the molecule is COc1cccc(CC(NN)c2ccncc2Cl)c1. The van der Waals surface area contributed by atoms with Gasteiger partial charge in [-0.25, -0.2) is 0 Å². The van der Waals surface area contributed by atoms with Crippen molar-refractivity contribution in [3.05, 3.63) is 58.9 Å². The van der Waals surface area contributed by atoms with Gasteiger partial charge in [0, 0.05) is 12.4 Å². The van der Waals surface area contributed by atoms with Crippen molar-refractivity contribution in [2.45, 2.75) is 12.5 Å². The number of nitrogens with zero attached hydrogens (tertiary/aromatic N) is 1. The number of hydrogen-bond acceptors (Lipinski definition) is 4. The largest absolute Gasteiger partial charge is 0.497 e. The van der Waals surface area contributed by atoms with Gasteiger partial charge in [-0.2, -0.15) is 0 Å². The Morgan fingerprint density at radius 2 is 2.26 bits per heavy atom. The molecule has 19 heavy (non-hydrogen) atoms. The van der Waals surface area contributed by atoms with Crippen LogP contribution in [0.4, 0.5) is 0 Å². The fourth-order valence-corrected chi connectivity index (χ4v) is 2.21. The highest BCUT2D eigenvalue weighted by molar-refractivity contribution is 6.31. The molecule has 0 fully saturated rings. The van der Waals surface area contributed by atoms with E-state index in [2.05, 4.69) is 10.4 Å². The van der Waals surface area contributed by atoms with E-state index in [0.29, 0.717) is 5.02 Å². The van der Waals surface area contributed by atoms with Gasteiger partial charge in [-0.1, -0.05) is 23.7 Å². The normalized spacial score (nSPS) is 12.2. The standard InChI is InChI=1S/C14H16ClN3O/c1-19-11-4-2-3-10(7-11)8-14(18-16)12-5-6-17-9-13(12)15/h2-7,9,14,18H,8,16H2,1H3. The number of methoxy groups -OCH3 is 1. The summed E-state index contributed by atoms with van der Waals surface area (Å²) in [5.74, 6) is 6.46. The van der Waals surface area contributed by atoms with Crippen molar-refractivity contribution in [2.75, 3.05) is 7.11 Å². The number of hydrazine groups is 1. The van der Waals surface area contributed by atoms with Crippen LogP contribution < -0.4 is 16.0 Å². The molecule has 2 aromatic rings. The van der Waals surface area contributed by atoms with Crippen LogP contribution >= 0.6 is 11.6 Å². The van der Waals surface area contributed by atoms with Crippen molar-refractivity contribution >= 4 is 11.6 Å². The summed E-state index contributed by atoms with van der Waals surface area (Å²) < 4.78 is 5.21. The minimum absolute atomic E-state index is 0.0670. The molecule has 100 valence electrons. The summed E-state index contributed by atoms with van der Waals surface area (Å²) in [6, 6.07) is 9.68. The Hall–Kier alpha value is -1.62. The molecule has 0 aliphatic carbocycles. The van der Waals surface area contributed by atoms with Crippen molar-refractivity contribution in [2.24, 2.45) is 5.84 Å². The van der Waals surface area contributed by atoms with Crippen LogP contribution in [0.25, 0.3) is 0 Å². The summed E-state index contributed by atoms with van der Waals surface area (Å²) in [5.41, 5.74) is 4.85. The molecule has 1 aromatic carbocycles. The Labute approximate surface area is 117 Å². The summed E-state index contributed by atoms with van der Waals surface area (Å²) in [6.07, 6.45) is 4.04. The molecule has 0 aliphatic heterocycles. The second-order valence-corrected chi connectivity index (χ2v) is 4.58. The van der Waals surface area contributed by atoms with Crippen molar-refractivity contribution in [1.82, 2.24) is 10.4 Å². The van der Waals surface area contributed by atoms with Gasteiger partial charge in [0.1, 0.15) is 5.75 Å². The van der Waals surface area contributed by atoms with Gasteiger partial charge in [-0.3, -0.25) is 16.3 Å². The predicted molar refractivity (Wildman–Crippen MR) is 76.0 cm³/mol. The predicted octanol–water partition coefficient (Wildman–Crippen LogP) is 2.49. The minimum Gasteiger partial charge on any atom is -0.497 e. The van der Waals surface area contributed by atoms with Crippen LogP contribution in [0, 0.1) is 0 Å². The van der Waals surface area contributed by atoms with Crippen molar-refractivity contribution in [3.8, 4) is 5.75 Å². The van der Waals surface area contributed by atoms with E-state index in [4.69, 9.17) is 22.2 Å². The molecular weight excluding hydrogens is 262 g/mol. The molecule has 0 spiro atoms. The molecule has 2 rings (SSSR count). The number of pyridine rings is 1. The van der Waals surface area contributed by atoms with E-state index in [1.807, 2.05) is 30.3 Å². The first-order valence-corrected chi connectivity index (χ1v) is 6.31. The molecule has 1 atom stereocenters. The van der Waals surface area contributed by atoms with Crippen LogP contribution in [0.15, 0.2) is 42.7 Å². The number of rotatable bonds is 5. The number of ether oxygens (including phenoxy) is 1. The average molecular weight is 278 g/mol. The third-order valence-electron chi connectivity index (χ3n) is 2.95. The minimum atomic E-state index is -0.0670. The van der Waals surface area contributed by atoms with Gasteiger partial charge < -0.3 is 4.74 Å². The topological polar surface area (TPSA) is 60.2 Å². The fourth-order valence-electron chi connectivity index (χ4n) is 1.96. The second-order valence-electron chi connectivity index (χ2n) is 4.17. The van der Waals surface area contributed by atoms with Crippen LogP contribution in [0.2, 0.25) is 5.02 Å². The van der Waals surface area contributed by atoms with E-state index < -0.39 is 0 Å². The number of nitrogens with two attached hydrogens (primary N) is 1. The van der Waals surface area contributed by atoms with Crippen molar-refractivity contribution < 1.29 is 4.74 Å².